The molecule has 6 heteroatoms. The van der Waals surface area contributed by atoms with E-state index in [9.17, 15) is 9.59 Å². The summed E-state index contributed by atoms with van der Waals surface area (Å²) in [6.07, 6.45) is -0.235. The topological polar surface area (TPSA) is 76.7 Å². The van der Waals surface area contributed by atoms with E-state index < -0.39 is 6.29 Å². The third kappa shape index (κ3) is 7.97. The second-order valence-electron chi connectivity index (χ2n) is 6.98. The van der Waals surface area contributed by atoms with Crippen LogP contribution in [0.25, 0.3) is 0 Å². The van der Waals surface area contributed by atoms with Crippen molar-refractivity contribution in [3.63, 3.8) is 0 Å². The van der Waals surface area contributed by atoms with Gasteiger partial charge in [-0.05, 0) is 37.0 Å². The molecular weight excluding hydrogens is 332 g/mol. The van der Waals surface area contributed by atoms with Crippen LogP contribution in [0.4, 0.5) is 0 Å². The van der Waals surface area contributed by atoms with Crippen LogP contribution in [0.5, 0.6) is 0 Å². The van der Waals surface area contributed by atoms with E-state index in [1.165, 1.54) is 5.56 Å². The first-order valence-electron chi connectivity index (χ1n) is 9.16. The SMILES string of the molecule is CCOC(CNC(=O)CCNC(=O)c1ccc(C(C)(C)C)cc1)OCC. The quantitative estimate of drug-likeness (QED) is 0.626. The van der Waals surface area contributed by atoms with Gasteiger partial charge in [0, 0.05) is 31.7 Å². The third-order valence-corrected chi connectivity index (χ3v) is 3.82. The van der Waals surface area contributed by atoms with Crippen LogP contribution in [0.15, 0.2) is 24.3 Å². The smallest absolute Gasteiger partial charge is 0.251 e. The van der Waals surface area contributed by atoms with Crippen molar-refractivity contribution in [1.29, 1.82) is 0 Å². The fraction of sp³-hybridized carbons (Fsp3) is 0.600. The number of carbonyl (C=O) groups excluding carboxylic acids is 2. The van der Waals surface area contributed by atoms with Gasteiger partial charge in [0.15, 0.2) is 6.29 Å². The highest BCUT2D eigenvalue weighted by molar-refractivity contribution is 5.94. The first kappa shape index (κ1) is 22.1. The fourth-order valence-electron chi connectivity index (χ4n) is 2.34. The molecule has 1 aromatic rings. The maximum absolute atomic E-state index is 12.1. The molecule has 6 nitrogen and oxygen atoms in total. The Hall–Kier alpha value is -1.92. The minimum absolute atomic E-state index is 0.0495. The summed E-state index contributed by atoms with van der Waals surface area (Å²) in [6, 6.07) is 7.54. The van der Waals surface area contributed by atoms with Gasteiger partial charge in [-0.15, -0.1) is 0 Å². The van der Waals surface area contributed by atoms with E-state index in [1.807, 2.05) is 38.1 Å². The molecule has 0 fully saturated rings. The van der Waals surface area contributed by atoms with Crippen LogP contribution in [-0.4, -0.2) is 44.4 Å². The lowest BCUT2D eigenvalue weighted by molar-refractivity contribution is -0.140. The molecule has 26 heavy (non-hydrogen) atoms. The molecule has 0 spiro atoms. The second-order valence-corrected chi connectivity index (χ2v) is 6.98. The van der Waals surface area contributed by atoms with Crippen molar-refractivity contribution in [3.05, 3.63) is 35.4 Å². The van der Waals surface area contributed by atoms with Crippen molar-refractivity contribution in [2.24, 2.45) is 0 Å². The summed E-state index contributed by atoms with van der Waals surface area (Å²) in [5.41, 5.74) is 1.81. The summed E-state index contributed by atoms with van der Waals surface area (Å²) in [4.78, 5) is 24.0. The van der Waals surface area contributed by atoms with E-state index in [4.69, 9.17) is 9.47 Å². The van der Waals surface area contributed by atoms with Crippen LogP contribution in [0.3, 0.4) is 0 Å². The van der Waals surface area contributed by atoms with Crippen LogP contribution in [0, 0.1) is 0 Å². The van der Waals surface area contributed by atoms with Gasteiger partial charge in [-0.25, -0.2) is 0 Å². The zero-order valence-electron chi connectivity index (χ0n) is 16.6. The summed E-state index contributed by atoms with van der Waals surface area (Å²) in [5, 5.41) is 5.51. The number of hydrogen-bond acceptors (Lipinski definition) is 4. The van der Waals surface area contributed by atoms with Gasteiger partial charge in [0.1, 0.15) is 0 Å². The molecule has 0 heterocycles. The number of carbonyl (C=O) groups is 2. The van der Waals surface area contributed by atoms with Gasteiger partial charge in [0.2, 0.25) is 5.91 Å². The van der Waals surface area contributed by atoms with Gasteiger partial charge in [-0.2, -0.15) is 0 Å². The molecule has 0 atom stereocenters. The lowest BCUT2D eigenvalue weighted by Gasteiger charge is -2.19. The number of rotatable bonds is 10. The zero-order valence-corrected chi connectivity index (χ0v) is 16.6. The van der Waals surface area contributed by atoms with E-state index in [2.05, 4.69) is 31.4 Å². The average Bonchev–Trinajstić information content (AvgIpc) is 2.59. The Morgan fingerprint density at radius 3 is 2.08 bits per heavy atom. The van der Waals surface area contributed by atoms with Crippen molar-refractivity contribution in [1.82, 2.24) is 10.6 Å². The molecule has 1 aromatic carbocycles. The molecule has 0 unspecified atom stereocenters. The van der Waals surface area contributed by atoms with Crippen LogP contribution >= 0.6 is 0 Å². The summed E-state index contributed by atoms with van der Waals surface area (Å²) in [5.74, 6) is -0.336. The number of hydrogen-bond donors (Lipinski definition) is 2. The Bertz CT molecular complexity index is 558. The summed E-state index contributed by atoms with van der Waals surface area (Å²) in [6.45, 7) is 11.7. The highest BCUT2D eigenvalue weighted by Crippen LogP contribution is 2.22. The number of ether oxygens (including phenoxy) is 2. The molecule has 0 radical (unpaired) electrons. The standard InChI is InChI=1S/C20H32N2O4/c1-6-25-18(26-7-2)14-22-17(23)12-13-21-19(24)15-8-10-16(11-9-15)20(3,4)5/h8-11,18H,6-7,12-14H2,1-5H3,(H,21,24)(H,22,23). The van der Waals surface area contributed by atoms with E-state index in [0.717, 1.165) is 0 Å². The monoisotopic (exact) mass is 364 g/mol. The number of amides is 2. The molecule has 146 valence electrons. The Kier molecular flexibility index (Phi) is 9.30. The minimum atomic E-state index is -0.440. The van der Waals surface area contributed by atoms with Crippen molar-refractivity contribution in [3.8, 4) is 0 Å². The molecule has 1 rings (SSSR count). The molecular formula is C20H32N2O4. The van der Waals surface area contributed by atoms with Gasteiger partial charge in [0.25, 0.3) is 5.91 Å². The van der Waals surface area contributed by atoms with Crippen molar-refractivity contribution >= 4 is 11.8 Å². The van der Waals surface area contributed by atoms with Gasteiger partial charge in [-0.1, -0.05) is 32.9 Å². The van der Waals surface area contributed by atoms with E-state index in [-0.39, 0.29) is 30.2 Å². The summed E-state index contributed by atoms with van der Waals surface area (Å²) >= 11 is 0. The molecule has 0 aromatic heterocycles. The van der Waals surface area contributed by atoms with Gasteiger partial charge in [0.05, 0.1) is 6.54 Å². The largest absolute Gasteiger partial charge is 0.352 e. The van der Waals surface area contributed by atoms with Crippen molar-refractivity contribution in [2.75, 3.05) is 26.3 Å². The van der Waals surface area contributed by atoms with Gasteiger partial charge in [-0.3, -0.25) is 9.59 Å². The maximum Gasteiger partial charge on any atom is 0.251 e. The molecule has 0 saturated carbocycles. The zero-order chi connectivity index (χ0) is 19.6. The third-order valence-electron chi connectivity index (χ3n) is 3.82. The van der Waals surface area contributed by atoms with Gasteiger partial charge < -0.3 is 20.1 Å². The second kappa shape index (κ2) is 10.9. The molecule has 2 N–H and O–H groups in total. The molecule has 0 saturated heterocycles. The van der Waals surface area contributed by atoms with E-state index >= 15 is 0 Å². The van der Waals surface area contributed by atoms with Crippen LogP contribution in [0.1, 0.15) is 57.0 Å². The first-order valence-corrected chi connectivity index (χ1v) is 9.16. The Balaban J connectivity index is 2.35. The maximum atomic E-state index is 12.1. The van der Waals surface area contributed by atoms with Crippen LogP contribution in [-0.2, 0) is 19.7 Å². The fourth-order valence-corrected chi connectivity index (χ4v) is 2.34. The Labute approximate surface area is 156 Å². The van der Waals surface area contributed by atoms with E-state index in [0.29, 0.717) is 25.3 Å². The molecule has 0 aliphatic carbocycles. The normalized spacial score (nSPS) is 11.5. The predicted molar refractivity (Wildman–Crippen MR) is 102 cm³/mol. The highest BCUT2D eigenvalue weighted by atomic mass is 16.7. The van der Waals surface area contributed by atoms with Gasteiger partial charge >= 0.3 is 0 Å². The first-order chi connectivity index (χ1) is 12.3. The van der Waals surface area contributed by atoms with Crippen LogP contribution < -0.4 is 10.6 Å². The Morgan fingerprint density at radius 1 is 1.00 bits per heavy atom. The predicted octanol–water partition coefficient (Wildman–Crippen LogP) is 2.62. The van der Waals surface area contributed by atoms with Crippen molar-refractivity contribution < 1.29 is 19.1 Å². The summed E-state index contributed by atoms with van der Waals surface area (Å²) < 4.78 is 10.7. The Morgan fingerprint density at radius 2 is 1.58 bits per heavy atom. The molecule has 0 aliphatic rings. The minimum Gasteiger partial charge on any atom is -0.352 e. The van der Waals surface area contributed by atoms with Crippen molar-refractivity contribution in [2.45, 2.75) is 52.7 Å². The lowest BCUT2D eigenvalue weighted by Crippen LogP contribution is -2.37. The molecule has 0 bridgehead atoms. The summed E-state index contributed by atoms with van der Waals surface area (Å²) in [7, 11) is 0. The molecule has 2 amide bonds. The van der Waals surface area contributed by atoms with E-state index in [1.54, 1.807) is 0 Å². The number of nitrogens with one attached hydrogen (secondary N) is 2. The average molecular weight is 364 g/mol. The lowest BCUT2D eigenvalue weighted by atomic mass is 9.87. The molecule has 0 aliphatic heterocycles. The highest BCUT2D eigenvalue weighted by Gasteiger charge is 2.14. The number of benzene rings is 1. The van der Waals surface area contributed by atoms with Crippen LogP contribution in [0.2, 0.25) is 0 Å².